The number of aromatic nitrogens is 1. The van der Waals surface area contributed by atoms with Crippen molar-refractivity contribution in [2.45, 2.75) is 19.4 Å². The van der Waals surface area contributed by atoms with E-state index in [1.807, 2.05) is 31.2 Å². The zero-order valence-electron chi connectivity index (χ0n) is 11.9. The van der Waals surface area contributed by atoms with Crippen LogP contribution < -0.4 is 10.1 Å². The van der Waals surface area contributed by atoms with Crippen molar-refractivity contribution in [2.75, 3.05) is 12.4 Å². The van der Waals surface area contributed by atoms with E-state index in [-0.39, 0.29) is 11.7 Å². The number of nitro groups is 1. The molecule has 0 aliphatic carbocycles. The second-order valence-corrected chi connectivity index (χ2v) is 4.72. The van der Waals surface area contributed by atoms with Gasteiger partial charge in [0.15, 0.2) is 0 Å². The van der Waals surface area contributed by atoms with E-state index in [1.165, 1.54) is 12.3 Å². The van der Waals surface area contributed by atoms with Crippen LogP contribution in [0, 0.1) is 10.1 Å². The first-order valence-corrected chi connectivity index (χ1v) is 6.59. The number of hydrogen-bond acceptors (Lipinski definition) is 5. The van der Waals surface area contributed by atoms with Gasteiger partial charge < -0.3 is 10.1 Å². The minimum Gasteiger partial charge on any atom is -0.496 e. The molecule has 2 aromatic rings. The average molecular weight is 287 g/mol. The molecule has 0 radical (unpaired) electrons. The molecule has 6 heteroatoms. The highest BCUT2D eigenvalue weighted by molar-refractivity contribution is 5.42. The van der Waals surface area contributed by atoms with Crippen molar-refractivity contribution in [1.82, 2.24) is 4.98 Å². The second kappa shape index (κ2) is 6.69. The van der Waals surface area contributed by atoms with Crippen LogP contribution in [0.25, 0.3) is 0 Å². The Morgan fingerprint density at radius 3 is 2.71 bits per heavy atom. The van der Waals surface area contributed by atoms with Crippen LogP contribution in [0.4, 0.5) is 11.5 Å². The van der Waals surface area contributed by atoms with E-state index in [2.05, 4.69) is 10.3 Å². The number of nitrogens with one attached hydrogen (secondary N) is 1. The third-order valence-corrected chi connectivity index (χ3v) is 3.07. The van der Waals surface area contributed by atoms with Gasteiger partial charge in [-0.05, 0) is 31.0 Å². The standard InChI is InChI=1S/C15H17N3O3/c1-11(9-12-5-3-4-6-14(12)21-2)17-15-8-7-13(10-16-15)18(19)20/h3-8,10-11H,9H2,1-2H3,(H,16,17)/t11-/m0/s1. The van der Waals surface area contributed by atoms with Gasteiger partial charge in [0, 0.05) is 12.1 Å². The van der Waals surface area contributed by atoms with Gasteiger partial charge in [-0.15, -0.1) is 0 Å². The maximum atomic E-state index is 10.6. The number of benzene rings is 1. The summed E-state index contributed by atoms with van der Waals surface area (Å²) >= 11 is 0. The molecule has 0 spiro atoms. The molecule has 0 saturated carbocycles. The SMILES string of the molecule is COc1ccccc1C[C@H](C)Nc1ccc([N+](=O)[O-])cn1. The zero-order chi connectivity index (χ0) is 15.2. The van der Waals surface area contributed by atoms with E-state index >= 15 is 0 Å². The number of ether oxygens (including phenoxy) is 1. The minimum atomic E-state index is -0.463. The van der Waals surface area contributed by atoms with Crippen molar-refractivity contribution >= 4 is 11.5 Å². The lowest BCUT2D eigenvalue weighted by atomic mass is 10.1. The molecule has 1 N–H and O–H groups in total. The molecule has 1 aromatic carbocycles. The van der Waals surface area contributed by atoms with Crippen molar-refractivity contribution in [3.63, 3.8) is 0 Å². The fourth-order valence-electron chi connectivity index (χ4n) is 2.08. The third kappa shape index (κ3) is 3.92. The first-order chi connectivity index (χ1) is 10.1. The summed E-state index contributed by atoms with van der Waals surface area (Å²) in [7, 11) is 1.65. The van der Waals surface area contributed by atoms with Gasteiger partial charge in [-0.2, -0.15) is 0 Å². The summed E-state index contributed by atoms with van der Waals surface area (Å²) in [5.41, 5.74) is 1.08. The molecule has 0 aliphatic rings. The summed E-state index contributed by atoms with van der Waals surface area (Å²) in [6, 6.07) is 11.0. The Labute approximate surface area is 122 Å². The molecule has 6 nitrogen and oxygen atoms in total. The fraction of sp³-hybridized carbons (Fsp3) is 0.267. The summed E-state index contributed by atoms with van der Waals surface area (Å²) in [4.78, 5) is 14.2. The minimum absolute atomic E-state index is 0.0158. The Balaban J connectivity index is 2.01. The maximum absolute atomic E-state index is 10.6. The molecule has 0 aliphatic heterocycles. The maximum Gasteiger partial charge on any atom is 0.287 e. The number of nitrogens with zero attached hydrogens (tertiary/aromatic N) is 2. The number of hydrogen-bond donors (Lipinski definition) is 1. The zero-order valence-corrected chi connectivity index (χ0v) is 11.9. The molecule has 110 valence electrons. The first-order valence-electron chi connectivity index (χ1n) is 6.59. The van der Waals surface area contributed by atoms with Crippen LogP contribution in [-0.2, 0) is 6.42 Å². The van der Waals surface area contributed by atoms with Crippen molar-refractivity contribution in [1.29, 1.82) is 0 Å². The molecule has 1 heterocycles. The Morgan fingerprint density at radius 1 is 1.33 bits per heavy atom. The molecule has 0 saturated heterocycles. The highest BCUT2D eigenvalue weighted by atomic mass is 16.6. The number of methoxy groups -OCH3 is 1. The normalized spacial score (nSPS) is 11.7. The molecule has 0 amide bonds. The third-order valence-electron chi connectivity index (χ3n) is 3.07. The Hall–Kier alpha value is -2.63. The number of anilines is 1. The number of pyridine rings is 1. The molecule has 0 unspecified atom stereocenters. The number of rotatable bonds is 6. The molecule has 0 bridgehead atoms. The molecular weight excluding hydrogens is 270 g/mol. The monoisotopic (exact) mass is 287 g/mol. The summed E-state index contributed by atoms with van der Waals surface area (Å²) in [6.45, 7) is 2.02. The van der Waals surface area contributed by atoms with E-state index in [4.69, 9.17) is 4.74 Å². The molecule has 1 aromatic heterocycles. The van der Waals surface area contributed by atoms with Crippen molar-refractivity contribution in [3.8, 4) is 5.75 Å². The van der Waals surface area contributed by atoms with Crippen molar-refractivity contribution in [2.24, 2.45) is 0 Å². The van der Waals surface area contributed by atoms with Gasteiger partial charge in [0.05, 0.1) is 12.0 Å². The van der Waals surface area contributed by atoms with Gasteiger partial charge in [-0.25, -0.2) is 4.98 Å². The number of para-hydroxylation sites is 1. The second-order valence-electron chi connectivity index (χ2n) is 4.72. The lowest BCUT2D eigenvalue weighted by molar-refractivity contribution is -0.385. The molecule has 2 rings (SSSR count). The van der Waals surface area contributed by atoms with Gasteiger partial charge in [0.1, 0.15) is 17.8 Å². The van der Waals surface area contributed by atoms with Crippen molar-refractivity contribution < 1.29 is 9.66 Å². The molecular formula is C15H17N3O3. The highest BCUT2D eigenvalue weighted by Gasteiger charge is 2.10. The van der Waals surface area contributed by atoms with E-state index in [0.717, 1.165) is 17.7 Å². The Bertz CT molecular complexity index is 614. The molecule has 1 atom stereocenters. The van der Waals surface area contributed by atoms with E-state index in [1.54, 1.807) is 13.2 Å². The Kier molecular flexibility index (Phi) is 4.71. The fourth-order valence-corrected chi connectivity index (χ4v) is 2.08. The van der Waals surface area contributed by atoms with Gasteiger partial charge >= 0.3 is 0 Å². The summed E-state index contributed by atoms with van der Waals surface area (Å²) < 4.78 is 5.32. The predicted molar refractivity (Wildman–Crippen MR) is 80.7 cm³/mol. The van der Waals surface area contributed by atoms with Crippen LogP contribution in [0.5, 0.6) is 5.75 Å². The molecule has 21 heavy (non-hydrogen) atoms. The van der Waals surface area contributed by atoms with E-state index in [9.17, 15) is 10.1 Å². The largest absolute Gasteiger partial charge is 0.496 e. The van der Waals surface area contributed by atoms with Gasteiger partial charge in [-0.1, -0.05) is 18.2 Å². The summed E-state index contributed by atoms with van der Waals surface area (Å²) in [5.74, 6) is 1.46. The van der Waals surface area contributed by atoms with Crippen LogP contribution >= 0.6 is 0 Å². The van der Waals surface area contributed by atoms with Gasteiger partial charge in [0.2, 0.25) is 0 Å². The Morgan fingerprint density at radius 2 is 2.10 bits per heavy atom. The van der Waals surface area contributed by atoms with E-state index < -0.39 is 4.92 Å². The topological polar surface area (TPSA) is 77.3 Å². The highest BCUT2D eigenvalue weighted by Crippen LogP contribution is 2.20. The summed E-state index contributed by atoms with van der Waals surface area (Å²) in [5, 5.41) is 13.8. The van der Waals surface area contributed by atoms with Crippen LogP contribution in [0.3, 0.4) is 0 Å². The lowest BCUT2D eigenvalue weighted by Gasteiger charge is -2.16. The van der Waals surface area contributed by atoms with E-state index in [0.29, 0.717) is 5.82 Å². The van der Waals surface area contributed by atoms with Crippen LogP contribution in [0.15, 0.2) is 42.6 Å². The quantitative estimate of drug-likeness (QED) is 0.652. The first kappa shape index (κ1) is 14.8. The predicted octanol–water partition coefficient (Wildman–Crippen LogP) is 3.04. The summed E-state index contributed by atoms with van der Waals surface area (Å²) in [6.07, 6.45) is 2.01. The smallest absolute Gasteiger partial charge is 0.287 e. The average Bonchev–Trinajstić information content (AvgIpc) is 2.48. The lowest BCUT2D eigenvalue weighted by Crippen LogP contribution is -2.19. The van der Waals surface area contributed by atoms with Gasteiger partial charge in [-0.3, -0.25) is 10.1 Å². The van der Waals surface area contributed by atoms with Crippen molar-refractivity contribution in [3.05, 3.63) is 58.3 Å². The van der Waals surface area contributed by atoms with Crippen LogP contribution in [-0.4, -0.2) is 23.1 Å². The van der Waals surface area contributed by atoms with Gasteiger partial charge in [0.25, 0.3) is 5.69 Å². The van der Waals surface area contributed by atoms with Crippen LogP contribution in [0.2, 0.25) is 0 Å². The molecule has 0 fully saturated rings. The van der Waals surface area contributed by atoms with Crippen LogP contribution in [0.1, 0.15) is 12.5 Å².